The number of hydrogen-bond donors (Lipinski definition) is 3. The Kier molecular flexibility index (Phi) is 28.3. The largest absolute Gasteiger partial charge is 0.417 e. The molecule has 2 heterocycles. The lowest BCUT2D eigenvalue weighted by Gasteiger charge is -2.45. The van der Waals surface area contributed by atoms with Gasteiger partial charge in [-0.05, 0) is 100 Å². The van der Waals surface area contributed by atoms with E-state index in [-0.39, 0.29) is 63.0 Å². The van der Waals surface area contributed by atoms with Gasteiger partial charge in [0.1, 0.15) is 59.9 Å². The van der Waals surface area contributed by atoms with Crippen molar-refractivity contribution < 1.29 is 70.7 Å². The van der Waals surface area contributed by atoms with Crippen LogP contribution in [0.2, 0.25) is 5.02 Å². The summed E-state index contributed by atoms with van der Waals surface area (Å²) in [6, 6.07) is -1.38. The summed E-state index contributed by atoms with van der Waals surface area (Å²) in [7, 11) is 12.5. The Morgan fingerprint density at radius 2 is 1.26 bits per heavy atom. The number of fused-ring (bicyclic) bond motifs is 1. The van der Waals surface area contributed by atoms with Crippen LogP contribution in [0.25, 0.3) is 0 Å². The third kappa shape index (κ3) is 19.1. The molecule has 98 heavy (non-hydrogen) atoms. The predicted molar refractivity (Wildman–Crippen MR) is 363 cm³/mol. The second-order valence-electron chi connectivity index (χ2n) is 27.9. The van der Waals surface area contributed by atoms with Crippen molar-refractivity contribution in [2.75, 3.05) is 76.5 Å². The molecule has 3 N–H and O–H groups in total. The van der Waals surface area contributed by atoms with E-state index in [2.05, 4.69) is 16.0 Å². The number of hydrogen-bond acceptors (Lipinski definition) is 12. The van der Waals surface area contributed by atoms with E-state index >= 15 is 9.59 Å². The van der Waals surface area contributed by atoms with Gasteiger partial charge in [-0.3, -0.25) is 57.5 Å². The molecule has 1 saturated carbocycles. The molecule has 3 fully saturated rings. The highest BCUT2D eigenvalue weighted by Gasteiger charge is 2.50. The van der Waals surface area contributed by atoms with E-state index in [4.69, 9.17) is 11.6 Å². The highest BCUT2D eigenvalue weighted by Crippen LogP contribution is 2.37. The van der Waals surface area contributed by atoms with Crippen LogP contribution in [-0.4, -0.2) is 251 Å². The molecule has 2 aromatic rings. The van der Waals surface area contributed by atoms with E-state index in [0.717, 1.165) is 32.4 Å². The molecule has 0 aromatic heterocycles. The average molecular weight is 1400 g/mol. The number of carbonyl (C=O) groups is 12. The van der Waals surface area contributed by atoms with Gasteiger partial charge < -0.3 is 60.0 Å². The van der Waals surface area contributed by atoms with Crippen LogP contribution < -0.4 is 16.0 Å². The predicted octanol–water partition coefficient (Wildman–Crippen LogP) is 4.93. The SMILES string of the molecule is CC[C@H](C)[C@@H]1NC(=O)[C@H](CC(C)C)N(C)C(=O)C[C@@H](C(=O)N(C)C)N(C)C(=O)[C@H]([C@@H](C)CC)N(C)C(=O)C2(CCCC2)NC(=O)[C@H](C)N(C)C(=O)[C@H](CCc2ccc(C(F)(F)F)c(Cl)c2)NC(=O)CN(C)C(=O)[C@H](Cc2ccc(C)cc2)N(C)C(=O)C2CCN2C(=O)[C@H](C)N(C)C1=O. The Morgan fingerprint density at radius 1 is 0.673 bits per heavy atom. The first-order chi connectivity index (χ1) is 45.7. The molecule has 12 amide bonds. The first kappa shape index (κ1) is 80.8. The minimum absolute atomic E-state index is 0.0540. The van der Waals surface area contributed by atoms with E-state index in [0.29, 0.717) is 31.2 Å². The minimum Gasteiger partial charge on any atom is -0.347 e. The van der Waals surface area contributed by atoms with Crippen LogP contribution >= 0.6 is 11.6 Å². The van der Waals surface area contributed by atoms with Gasteiger partial charge in [0.15, 0.2) is 0 Å². The Bertz CT molecular complexity index is 3260. The standard InChI is InChI=1S/C70H104ClF3N12O12/c1-19-42(6)57-66(96)81(14)45(9)61(91)86-34-31-51(86)65(95)83(16)53(37-47-25-23-41(5)24-26-47)64(94)79(12)39-55(87)75-50(30-28-46-27-29-48(49(71)36-46)70(72,73)74)62(92)80(13)44(8)59(89)77-69(32-21-22-33-69)68(98)85(18)58(43(7)20-2)67(97)84(17)54(63(93)78(10)11)38-56(88)82(15)52(35-40(3)4)60(90)76-57/h23-27,29,36,40,42-45,50-54,57-58H,19-22,28,30-35,37-39H2,1-18H3,(H,75,87)(H,76,90)(H,77,89)/t42-,43-,44-,45-,50-,51?,52-,53-,54-,57-,58-/m0/s1. The van der Waals surface area contributed by atoms with Gasteiger partial charge >= 0.3 is 6.18 Å². The second kappa shape index (κ2) is 34.3. The van der Waals surface area contributed by atoms with Crippen LogP contribution in [0.4, 0.5) is 13.2 Å². The Morgan fingerprint density at radius 3 is 1.79 bits per heavy atom. The Labute approximate surface area is 580 Å². The Hall–Kier alpha value is -7.84. The number of alkyl halides is 3. The van der Waals surface area contributed by atoms with Crippen LogP contribution in [-0.2, 0) is 76.6 Å². The third-order valence-electron chi connectivity index (χ3n) is 20.2. The number of aryl methyl sites for hydroxylation is 2. The van der Waals surface area contributed by atoms with E-state index in [1.165, 1.54) is 113 Å². The molecule has 1 unspecified atom stereocenters. The van der Waals surface area contributed by atoms with Crippen molar-refractivity contribution in [1.82, 2.24) is 60.0 Å². The number of benzene rings is 2. The molecule has 0 radical (unpaired) electrons. The van der Waals surface area contributed by atoms with Gasteiger partial charge in [-0.25, -0.2) is 0 Å². The van der Waals surface area contributed by atoms with Gasteiger partial charge in [-0.2, -0.15) is 13.2 Å². The summed E-state index contributed by atoms with van der Waals surface area (Å²) in [4.78, 5) is 188. The van der Waals surface area contributed by atoms with Crippen molar-refractivity contribution >= 4 is 82.5 Å². The first-order valence-corrected chi connectivity index (χ1v) is 34.2. The molecule has 11 atom stereocenters. The van der Waals surface area contributed by atoms with Crippen LogP contribution in [0.15, 0.2) is 42.5 Å². The fourth-order valence-corrected chi connectivity index (χ4v) is 13.2. The van der Waals surface area contributed by atoms with Crippen molar-refractivity contribution in [3.05, 3.63) is 69.7 Å². The van der Waals surface area contributed by atoms with E-state index in [1.54, 1.807) is 26.0 Å². The van der Waals surface area contributed by atoms with Gasteiger partial charge in [-0.1, -0.05) is 115 Å². The molecule has 544 valence electrons. The zero-order valence-corrected chi connectivity index (χ0v) is 61.1. The number of nitrogens with one attached hydrogen (secondary N) is 3. The molecule has 5 rings (SSSR count). The number of rotatable bonds is 12. The first-order valence-electron chi connectivity index (χ1n) is 33.8. The lowest BCUT2D eigenvalue weighted by Crippen LogP contribution is -2.65. The summed E-state index contributed by atoms with van der Waals surface area (Å²) in [5, 5.41) is 7.89. The number of nitrogens with zero attached hydrogens (tertiary/aromatic N) is 9. The van der Waals surface area contributed by atoms with Crippen LogP contribution in [0.3, 0.4) is 0 Å². The Balaban J connectivity index is 1.64. The normalized spacial score (nSPS) is 25.7. The maximum absolute atomic E-state index is 15.3. The monoisotopic (exact) mass is 1400 g/mol. The molecule has 3 aliphatic rings. The third-order valence-corrected chi connectivity index (χ3v) is 20.5. The van der Waals surface area contributed by atoms with E-state index in [1.807, 2.05) is 46.8 Å². The van der Waals surface area contributed by atoms with Gasteiger partial charge in [0.2, 0.25) is 70.9 Å². The van der Waals surface area contributed by atoms with Crippen molar-refractivity contribution in [3.63, 3.8) is 0 Å². The molecule has 2 aromatic carbocycles. The molecule has 0 bridgehead atoms. The average Bonchev–Trinajstić information content (AvgIpc) is 1.17. The van der Waals surface area contributed by atoms with Gasteiger partial charge in [-0.15, -0.1) is 0 Å². The lowest BCUT2D eigenvalue weighted by molar-refractivity contribution is -0.160. The summed E-state index contributed by atoms with van der Waals surface area (Å²) in [6.45, 7) is 15.0. The lowest BCUT2D eigenvalue weighted by atomic mass is 9.90. The maximum atomic E-state index is 15.3. The van der Waals surface area contributed by atoms with Crippen molar-refractivity contribution in [2.24, 2.45) is 17.8 Å². The molecule has 2 aliphatic heterocycles. The van der Waals surface area contributed by atoms with Gasteiger partial charge in [0, 0.05) is 76.4 Å². The van der Waals surface area contributed by atoms with Crippen molar-refractivity contribution in [1.29, 1.82) is 0 Å². The van der Waals surface area contributed by atoms with Crippen molar-refractivity contribution in [3.8, 4) is 0 Å². The fourth-order valence-electron chi connectivity index (χ4n) is 12.9. The maximum Gasteiger partial charge on any atom is 0.417 e. The zero-order chi connectivity index (χ0) is 73.9. The fraction of sp³-hybridized carbons (Fsp3) is 0.657. The van der Waals surface area contributed by atoms with Gasteiger partial charge in [0.05, 0.1) is 23.6 Å². The summed E-state index contributed by atoms with van der Waals surface area (Å²) in [5.74, 6) is -9.81. The number of likely N-dealkylation sites (N-methyl/N-ethyl adjacent to an activating group) is 8. The molecular formula is C70H104ClF3N12O12. The molecule has 1 spiro atoms. The van der Waals surface area contributed by atoms with Crippen molar-refractivity contribution in [2.45, 2.75) is 205 Å². The van der Waals surface area contributed by atoms with Gasteiger partial charge in [0.25, 0.3) is 0 Å². The number of carbonyl (C=O) groups excluding carboxylic acids is 12. The van der Waals surface area contributed by atoms with E-state index in [9.17, 15) is 61.1 Å². The quantitative estimate of drug-likeness (QED) is 0.255. The summed E-state index contributed by atoms with van der Waals surface area (Å²) in [5.41, 5.74) is -0.909. The minimum atomic E-state index is -4.78. The molecule has 1 aliphatic carbocycles. The molecule has 28 heteroatoms. The van der Waals surface area contributed by atoms with Crippen LogP contribution in [0.5, 0.6) is 0 Å². The van der Waals surface area contributed by atoms with Crippen LogP contribution in [0.1, 0.15) is 142 Å². The second-order valence-corrected chi connectivity index (χ2v) is 28.3. The summed E-state index contributed by atoms with van der Waals surface area (Å²) >= 11 is 6.11. The van der Waals surface area contributed by atoms with E-state index < -0.39 is 172 Å². The molecular weight excluding hydrogens is 1290 g/mol. The summed E-state index contributed by atoms with van der Waals surface area (Å²) < 4.78 is 41.4. The number of amides is 12. The summed E-state index contributed by atoms with van der Waals surface area (Å²) in [6.07, 6.45) is -3.64. The highest BCUT2D eigenvalue weighted by atomic mass is 35.5. The smallest absolute Gasteiger partial charge is 0.347 e. The topological polar surface area (TPSA) is 270 Å². The van der Waals surface area contributed by atoms with Crippen LogP contribution in [0, 0.1) is 24.7 Å². The molecule has 24 nitrogen and oxygen atoms in total. The molecule has 2 saturated heterocycles. The highest BCUT2D eigenvalue weighted by molar-refractivity contribution is 6.31. The number of halogens is 4. The zero-order valence-electron chi connectivity index (χ0n) is 60.3.